The number of thiazole rings is 1. The lowest BCUT2D eigenvalue weighted by atomic mass is 10.2. The molecular formula is C13H6F3N5OS. The Balaban J connectivity index is 1.85. The molecular weight excluding hydrogens is 331 g/mol. The quantitative estimate of drug-likeness (QED) is 0.792. The van der Waals surface area contributed by atoms with Crippen LogP contribution in [0, 0.1) is 11.3 Å². The molecule has 0 amide bonds. The van der Waals surface area contributed by atoms with Crippen LogP contribution in [0.4, 0.5) is 13.2 Å². The van der Waals surface area contributed by atoms with E-state index in [2.05, 4.69) is 25.1 Å². The number of rotatable bonds is 3. The van der Waals surface area contributed by atoms with Crippen molar-refractivity contribution in [2.24, 2.45) is 0 Å². The van der Waals surface area contributed by atoms with E-state index in [0.29, 0.717) is 22.0 Å². The number of hydrogen-bond donors (Lipinski definition) is 1. The first-order chi connectivity index (χ1) is 11.0. The number of nitrogens with one attached hydrogen (secondary N) is 1. The van der Waals surface area contributed by atoms with Crippen molar-refractivity contribution >= 4 is 11.3 Å². The van der Waals surface area contributed by atoms with Crippen LogP contribution in [0.1, 0.15) is 5.69 Å². The van der Waals surface area contributed by atoms with E-state index < -0.39 is 6.36 Å². The summed E-state index contributed by atoms with van der Waals surface area (Å²) in [6.45, 7) is 0. The predicted octanol–water partition coefficient (Wildman–Crippen LogP) is 3.37. The number of nitriles is 1. The highest BCUT2D eigenvalue weighted by molar-refractivity contribution is 7.13. The Labute approximate surface area is 131 Å². The summed E-state index contributed by atoms with van der Waals surface area (Å²) in [5.41, 5.74) is 1.63. The first-order valence-corrected chi connectivity index (χ1v) is 6.97. The summed E-state index contributed by atoms with van der Waals surface area (Å²) in [6, 6.07) is 7.24. The standard InChI is InChI=1S/C13H6F3N5OS/c14-13(15,16)22-8-3-1-7(2-4-8)10-6-23-12(18-10)11-9(5-17)19-21-20-11/h1-4,6H,(H,19,20,21). The van der Waals surface area contributed by atoms with E-state index in [-0.39, 0.29) is 11.4 Å². The van der Waals surface area contributed by atoms with E-state index in [1.54, 1.807) is 5.38 Å². The molecule has 23 heavy (non-hydrogen) atoms. The number of halogens is 3. The number of ether oxygens (including phenoxy) is 1. The minimum atomic E-state index is -4.73. The minimum absolute atomic E-state index is 0.125. The monoisotopic (exact) mass is 337 g/mol. The molecule has 0 unspecified atom stereocenters. The molecule has 0 spiro atoms. The molecule has 3 rings (SSSR count). The molecule has 0 fully saturated rings. The normalized spacial score (nSPS) is 11.2. The molecule has 10 heteroatoms. The van der Waals surface area contributed by atoms with E-state index in [9.17, 15) is 13.2 Å². The fourth-order valence-electron chi connectivity index (χ4n) is 1.80. The third kappa shape index (κ3) is 3.29. The van der Waals surface area contributed by atoms with E-state index in [0.717, 1.165) is 0 Å². The molecule has 2 aromatic heterocycles. The van der Waals surface area contributed by atoms with Crippen molar-refractivity contribution < 1.29 is 17.9 Å². The van der Waals surface area contributed by atoms with Gasteiger partial charge in [-0.25, -0.2) is 4.98 Å². The van der Waals surface area contributed by atoms with Gasteiger partial charge in [0.15, 0.2) is 11.4 Å². The smallest absolute Gasteiger partial charge is 0.406 e. The van der Waals surface area contributed by atoms with Crippen LogP contribution in [-0.4, -0.2) is 26.8 Å². The number of hydrogen-bond acceptors (Lipinski definition) is 6. The molecule has 0 aliphatic carbocycles. The van der Waals surface area contributed by atoms with Gasteiger partial charge in [0.05, 0.1) is 5.69 Å². The molecule has 6 nitrogen and oxygen atoms in total. The van der Waals surface area contributed by atoms with Crippen LogP contribution >= 0.6 is 11.3 Å². The number of nitrogens with zero attached hydrogens (tertiary/aromatic N) is 4. The molecule has 0 radical (unpaired) electrons. The molecule has 0 bridgehead atoms. The summed E-state index contributed by atoms with van der Waals surface area (Å²) in [5, 5.41) is 21.0. The van der Waals surface area contributed by atoms with Gasteiger partial charge in [0.1, 0.15) is 16.8 Å². The van der Waals surface area contributed by atoms with Gasteiger partial charge in [0.25, 0.3) is 0 Å². The Morgan fingerprint density at radius 1 is 1.17 bits per heavy atom. The van der Waals surface area contributed by atoms with Gasteiger partial charge in [-0.05, 0) is 24.3 Å². The van der Waals surface area contributed by atoms with Crippen LogP contribution in [0.3, 0.4) is 0 Å². The molecule has 2 heterocycles. The average Bonchev–Trinajstić information content (AvgIpc) is 3.15. The molecule has 116 valence electrons. The van der Waals surface area contributed by atoms with Crippen LogP contribution in [0.5, 0.6) is 5.75 Å². The van der Waals surface area contributed by atoms with E-state index in [1.165, 1.54) is 35.6 Å². The van der Waals surface area contributed by atoms with Crippen LogP contribution in [0.15, 0.2) is 29.6 Å². The number of H-pyrrole nitrogens is 1. The molecule has 0 saturated carbocycles. The lowest BCUT2D eigenvalue weighted by Gasteiger charge is -2.08. The van der Waals surface area contributed by atoms with E-state index in [4.69, 9.17) is 5.26 Å². The number of benzene rings is 1. The topological polar surface area (TPSA) is 87.5 Å². The molecule has 0 aliphatic rings. The predicted molar refractivity (Wildman–Crippen MR) is 74.3 cm³/mol. The Kier molecular flexibility index (Phi) is 3.71. The third-order valence-electron chi connectivity index (χ3n) is 2.74. The lowest BCUT2D eigenvalue weighted by molar-refractivity contribution is -0.274. The highest BCUT2D eigenvalue weighted by atomic mass is 32.1. The average molecular weight is 337 g/mol. The summed E-state index contributed by atoms with van der Waals surface area (Å²) >= 11 is 1.25. The van der Waals surface area contributed by atoms with Gasteiger partial charge in [-0.3, -0.25) is 0 Å². The van der Waals surface area contributed by atoms with Crippen molar-refractivity contribution in [1.82, 2.24) is 20.4 Å². The van der Waals surface area contributed by atoms with Crippen LogP contribution in [0.25, 0.3) is 22.0 Å². The molecule has 1 aromatic carbocycles. The zero-order valence-electron chi connectivity index (χ0n) is 11.1. The van der Waals surface area contributed by atoms with Crippen molar-refractivity contribution in [2.75, 3.05) is 0 Å². The van der Waals surface area contributed by atoms with Gasteiger partial charge < -0.3 is 4.74 Å². The molecule has 3 aromatic rings. The summed E-state index contributed by atoms with van der Waals surface area (Å²) in [4.78, 5) is 4.32. The van der Waals surface area contributed by atoms with Crippen LogP contribution < -0.4 is 4.74 Å². The largest absolute Gasteiger partial charge is 0.573 e. The Morgan fingerprint density at radius 3 is 2.57 bits per heavy atom. The molecule has 1 N–H and O–H groups in total. The van der Waals surface area contributed by atoms with Crippen LogP contribution in [0.2, 0.25) is 0 Å². The number of aromatic amines is 1. The zero-order valence-corrected chi connectivity index (χ0v) is 11.9. The molecule has 0 aliphatic heterocycles. The summed E-state index contributed by atoms with van der Waals surface area (Å²) < 4.78 is 40.2. The Hall–Kier alpha value is -2.93. The van der Waals surface area contributed by atoms with E-state index >= 15 is 0 Å². The maximum absolute atomic E-state index is 12.1. The highest BCUT2D eigenvalue weighted by Gasteiger charge is 2.31. The minimum Gasteiger partial charge on any atom is -0.406 e. The first-order valence-electron chi connectivity index (χ1n) is 6.09. The zero-order chi connectivity index (χ0) is 16.4. The first kappa shape index (κ1) is 15.0. The second kappa shape index (κ2) is 5.69. The van der Waals surface area contributed by atoms with Crippen molar-refractivity contribution in [3.05, 3.63) is 35.3 Å². The Morgan fingerprint density at radius 2 is 1.91 bits per heavy atom. The highest BCUT2D eigenvalue weighted by Crippen LogP contribution is 2.30. The summed E-state index contributed by atoms with van der Waals surface area (Å²) in [7, 11) is 0. The molecule has 0 saturated heterocycles. The molecule has 0 atom stereocenters. The van der Waals surface area contributed by atoms with Crippen molar-refractivity contribution in [3.8, 4) is 33.8 Å². The summed E-state index contributed by atoms with van der Waals surface area (Å²) in [5.74, 6) is -0.306. The SMILES string of the molecule is N#Cc1n[nH]nc1-c1nc(-c2ccc(OC(F)(F)F)cc2)cs1. The third-order valence-corrected chi connectivity index (χ3v) is 3.59. The number of alkyl halides is 3. The van der Waals surface area contributed by atoms with Crippen molar-refractivity contribution in [3.63, 3.8) is 0 Å². The van der Waals surface area contributed by atoms with Crippen molar-refractivity contribution in [1.29, 1.82) is 5.26 Å². The second-order valence-electron chi connectivity index (χ2n) is 4.24. The fourth-order valence-corrected chi connectivity index (χ4v) is 2.62. The number of aromatic nitrogens is 4. The van der Waals surface area contributed by atoms with Gasteiger partial charge in [-0.15, -0.1) is 29.6 Å². The van der Waals surface area contributed by atoms with Gasteiger partial charge in [-0.2, -0.15) is 15.6 Å². The Bertz CT molecular complexity index is 863. The maximum atomic E-state index is 12.1. The van der Waals surface area contributed by atoms with Gasteiger partial charge in [0.2, 0.25) is 0 Å². The fraction of sp³-hybridized carbons (Fsp3) is 0.0769. The van der Waals surface area contributed by atoms with Gasteiger partial charge in [-0.1, -0.05) is 0 Å². The summed E-state index contributed by atoms with van der Waals surface area (Å²) in [6.07, 6.45) is -4.73. The van der Waals surface area contributed by atoms with Crippen molar-refractivity contribution in [2.45, 2.75) is 6.36 Å². The lowest BCUT2D eigenvalue weighted by Crippen LogP contribution is -2.16. The second-order valence-corrected chi connectivity index (χ2v) is 5.10. The van der Waals surface area contributed by atoms with Crippen LogP contribution in [-0.2, 0) is 0 Å². The van der Waals surface area contributed by atoms with Gasteiger partial charge >= 0.3 is 6.36 Å². The van der Waals surface area contributed by atoms with Gasteiger partial charge in [0, 0.05) is 10.9 Å². The maximum Gasteiger partial charge on any atom is 0.573 e. The van der Waals surface area contributed by atoms with E-state index in [1.807, 2.05) is 6.07 Å².